The zero-order chi connectivity index (χ0) is 12.7. The highest BCUT2D eigenvalue weighted by molar-refractivity contribution is 9.10. The summed E-state index contributed by atoms with van der Waals surface area (Å²) in [5.74, 6) is 0. The first-order chi connectivity index (χ1) is 8.06. The minimum Gasteiger partial charge on any atom is -0.382 e. The van der Waals surface area contributed by atoms with E-state index in [4.69, 9.17) is 4.74 Å². The van der Waals surface area contributed by atoms with Crippen molar-refractivity contribution in [3.8, 4) is 0 Å². The maximum atomic E-state index is 11.8. The Labute approximate surface area is 111 Å². The number of nitrogens with one attached hydrogen (secondary N) is 1. The third-order valence-electron chi connectivity index (χ3n) is 2.07. The van der Waals surface area contributed by atoms with Crippen molar-refractivity contribution >= 4 is 26.0 Å². The van der Waals surface area contributed by atoms with Gasteiger partial charge in [0.15, 0.2) is 0 Å². The monoisotopic (exact) mass is 321 g/mol. The summed E-state index contributed by atoms with van der Waals surface area (Å²) in [7, 11) is -3.41. The van der Waals surface area contributed by atoms with E-state index in [0.717, 1.165) is 4.47 Å². The van der Waals surface area contributed by atoms with Crippen LogP contribution in [0.1, 0.15) is 13.3 Å². The van der Waals surface area contributed by atoms with E-state index in [-0.39, 0.29) is 4.90 Å². The third-order valence-corrected chi connectivity index (χ3v) is 4.02. The molecule has 0 atom stereocenters. The van der Waals surface area contributed by atoms with Crippen molar-refractivity contribution in [3.63, 3.8) is 0 Å². The zero-order valence-electron chi connectivity index (χ0n) is 9.65. The van der Waals surface area contributed by atoms with Crippen molar-refractivity contribution in [1.29, 1.82) is 0 Å². The summed E-state index contributed by atoms with van der Waals surface area (Å²) in [4.78, 5) is 0.267. The molecule has 0 unspecified atom stereocenters. The lowest BCUT2D eigenvalue weighted by atomic mass is 10.4. The molecular weight excluding hydrogens is 306 g/mol. The molecule has 0 saturated heterocycles. The molecule has 0 spiro atoms. The molecule has 1 N–H and O–H groups in total. The lowest BCUT2D eigenvalue weighted by Gasteiger charge is -2.07. The van der Waals surface area contributed by atoms with Gasteiger partial charge < -0.3 is 4.74 Å². The van der Waals surface area contributed by atoms with Crippen LogP contribution in [-0.4, -0.2) is 28.2 Å². The molecular formula is C11H16BrNO3S. The topological polar surface area (TPSA) is 55.4 Å². The molecule has 0 radical (unpaired) electrons. The summed E-state index contributed by atoms with van der Waals surface area (Å²) >= 11 is 3.24. The van der Waals surface area contributed by atoms with Gasteiger partial charge in [-0.3, -0.25) is 0 Å². The van der Waals surface area contributed by atoms with Gasteiger partial charge in [-0.15, -0.1) is 0 Å². The van der Waals surface area contributed by atoms with Gasteiger partial charge in [-0.1, -0.05) is 22.0 Å². The normalized spacial score (nSPS) is 11.6. The Hall–Kier alpha value is -0.430. The minimum absolute atomic E-state index is 0.267. The SMILES string of the molecule is CCOCCCNS(=O)(=O)c1cccc(Br)c1. The van der Waals surface area contributed by atoms with Crippen LogP contribution in [-0.2, 0) is 14.8 Å². The molecule has 96 valence electrons. The number of benzene rings is 1. The first-order valence-corrected chi connectivity index (χ1v) is 7.67. The fraction of sp³-hybridized carbons (Fsp3) is 0.455. The summed E-state index contributed by atoms with van der Waals surface area (Å²) in [5.41, 5.74) is 0. The maximum Gasteiger partial charge on any atom is 0.240 e. The quantitative estimate of drug-likeness (QED) is 0.783. The molecule has 0 aliphatic rings. The van der Waals surface area contributed by atoms with E-state index in [1.54, 1.807) is 24.3 Å². The Balaban J connectivity index is 2.51. The van der Waals surface area contributed by atoms with Gasteiger partial charge in [0.25, 0.3) is 0 Å². The Morgan fingerprint density at radius 2 is 2.18 bits per heavy atom. The van der Waals surface area contributed by atoms with Gasteiger partial charge in [-0.2, -0.15) is 0 Å². The highest BCUT2D eigenvalue weighted by Crippen LogP contribution is 2.15. The predicted octanol–water partition coefficient (Wildman–Crippen LogP) is 2.15. The summed E-state index contributed by atoms with van der Waals surface area (Å²) in [6.45, 7) is 3.51. The van der Waals surface area contributed by atoms with Gasteiger partial charge in [-0.05, 0) is 31.5 Å². The van der Waals surface area contributed by atoms with Crippen molar-refractivity contribution in [3.05, 3.63) is 28.7 Å². The van der Waals surface area contributed by atoms with Crippen LogP contribution in [0.3, 0.4) is 0 Å². The molecule has 0 amide bonds. The number of sulfonamides is 1. The predicted molar refractivity (Wildman–Crippen MR) is 70.4 cm³/mol. The lowest BCUT2D eigenvalue weighted by molar-refractivity contribution is 0.146. The number of ether oxygens (including phenoxy) is 1. The maximum absolute atomic E-state index is 11.8. The molecule has 1 aromatic carbocycles. The van der Waals surface area contributed by atoms with Crippen LogP contribution in [0.4, 0.5) is 0 Å². The van der Waals surface area contributed by atoms with E-state index in [9.17, 15) is 8.42 Å². The largest absolute Gasteiger partial charge is 0.382 e. The fourth-order valence-electron chi connectivity index (χ4n) is 1.24. The number of rotatable bonds is 7. The average molecular weight is 322 g/mol. The van der Waals surface area contributed by atoms with Crippen molar-refractivity contribution < 1.29 is 13.2 Å². The van der Waals surface area contributed by atoms with Gasteiger partial charge in [0.2, 0.25) is 10.0 Å². The molecule has 6 heteroatoms. The second-order valence-corrected chi connectivity index (χ2v) is 6.09. The lowest BCUT2D eigenvalue weighted by Crippen LogP contribution is -2.25. The zero-order valence-corrected chi connectivity index (χ0v) is 12.1. The van der Waals surface area contributed by atoms with Crippen molar-refractivity contribution in [1.82, 2.24) is 4.72 Å². The third kappa shape index (κ3) is 5.16. The van der Waals surface area contributed by atoms with Crippen molar-refractivity contribution in [2.75, 3.05) is 19.8 Å². The molecule has 0 aromatic heterocycles. The first kappa shape index (κ1) is 14.6. The molecule has 17 heavy (non-hydrogen) atoms. The minimum atomic E-state index is -3.41. The van der Waals surface area contributed by atoms with Crippen LogP contribution < -0.4 is 4.72 Å². The molecule has 0 saturated carbocycles. The van der Waals surface area contributed by atoms with Gasteiger partial charge >= 0.3 is 0 Å². The second-order valence-electron chi connectivity index (χ2n) is 3.41. The summed E-state index contributed by atoms with van der Waals surface area (Å²) in [6.07, 6.45) is 0.668. The Morgan fingerprint density at radius 1 is 1.41 bits per heavy atom. The van der Waals surface area contributed by atoms with Gasteiger partial charge in [-0.25, -0.2) is 13.1 Å². The van der Waals surface area contributed by atoms with Gasteiger partial charge in [0.1, 0.15) is 0 Å². The second kappa shape index (κ2) is 7.10. The Morgan fingerprint density at radius 3 is 2.82 bits per heavy atom. The number of hydrogen-bond acceptors (Lipinski definition) is 3. The summed E-state index contributed by atoms with van der Waals surface area (Å²) < 4.78 is 32.1. The molecule has 0 heterocycles. The van der Waals surface area contributed by atoms with E-state index in [1.165, 1.54) is 0 Å². The van der Waals surface area contributed by atoms with Gasteiger partial charge in [0, 0.05) is 24.2 Å². The van der Waals surface area contributed by atoms with E-state index in [0.29, 0.717) is 26.2 Å². The van der Waals surface area contributed by atoms with Crippen molar-refractivity contribution in [2.24, 2.45) is 0 Å². The van der Waals surface area contributed by atoms with Crippen molar-refractivity contribution in [2.45, 2.75) is 18.2 Å². The highest BCUT2D eigenvalue weighted by Gasteiger charge is 2.12. The molecule has 0 aliphatic heterocycles. The van der Waals surface area contributed by atoms with Gasteiger partial charge in [0.05, 0.1) is 4.90 Å². The number of halogens is 1. The van der Waals surface area contributed by atoms with Crippen LogP contribution in [0.5, 0.6) is 0 Å². The average Bonchev–Trinajstić information content (AvgIpc) is 2.29. The van der Waals surface area contributed by atoms with Crippen LogP contribution in [0.15, 0.2) is 33.6 Å². The van der Waals surface area contributed by atoms with Crippen LogP contribution >= 0.6 is 15.9 Å². The van der Waals surface area contributed by atoms with E-state index >= 15 is 0 Å². The molecule has 0 fully saturated rings. The smallest absolute Gasteiger partial charge is 0.240 e. The van der Waals surface area contributed by atoms with E-state index < -0.39 is 10.0 Å². The van der Waals surface area contributed by atoms with Crippen LogP contribution in [0.25, 0.3) is 0 Å². The summed E-state index contributed by atoms with van der Waals surface area (Å²) in [6, 6.07) is 6.62. The standard InChI is InChI=1S/C11H16BrNO3S/c1-2-16-8-4-7-13-17(14,15)11-6-3-5-10(12)9-11/h3,5-6,9,13H,2,4,7-8H2,1H3. The molecule has 4 nitrogen and oxygen atoms in total. The Bertz CT molecular complexity index is 448. The Kier molecular flexibility index (Phi) is 6.11. The highest BCUT2D eigenvalue weighted by atomic mass is 79.9. The van der Waals surface area contributed by atoms with Crippen LogP contribution in [0.2, 0.25) is 0 Å². The molecule has 0 aliphatic carbocycles. The van der Waals surface area contributed by atoms with E-state index in [1.807, 2.05) is 6.92 Å². The number of hydrogen-bond donors (Lipinski definition) is 1. The van der Waals surface area contributed by atoms with Crippen LogP contribution in [0, 0.1) is 0 Å². The van der Waals surface area contributed by atoms with E-state index in [2.05, 4.69) is 20.7 Å². The molecule has 1 aromatic rings. The summed E-state index contributed by atoms with van der Waals surface area (Å²) in [5, 5.41) is 0. The fourth-order valence-corrected chi connectivity index (χ4v) is 2.91. The molecule has 0 bridgehead atoms. The first-order valence-electron chi connectivity index (χ1n) is 5.39. The molecule has 1 rings (SSSR count).